The van der Waals surface area contributed by atoms with Gasteiger partial charge in [-0.2, -0.15) is 5.48 Å². The molecular formula is C12H10N4O4. The number of pyridine rings is 2. The van der Waals surface area contributed by atoms with Gasteiger partial charge in [0.05, 0.1) is 11.4 Å². The number of carbonyl (C=O) groups is 2. The van der Waals surface area contributed by atoms with E-state index in [-0.39, 0.29) is 5.56 Å². The molecule has 102 valence electrons. The second-order valence-corrected chi connectivity index (χ2v) is 3.59. The molecule has 2 aromatic rings. The lowest BCUT2D eigenvalue weighted by atomic mass is 10.1. The van der Waals surface area contributed by atoms with E-state index in [0.29, 0.717) is 23.5 Å². The second-order valence-electron chi connectivity index (χ2n) is 3.59. The molecule has 0 radical (unpaired) electrons. The number of hydrogen-bond acceptors (Lipinski definition) is 6. The molecule has 0 spiro atoms. The summed E-state index contributed by atoms with van der Waals surface area (Å²) in [5, 5.41) is 8.59. The minimum atomic E-state index is -0.649. The lowest BCUT2D eigenvalue weighted by Gasteiger charge is -2.05. The van der Waals surface area contributed by atoms with Gasteiger partial charge in [-0.3, -0.25) is 24.8 Å². The first-order chi connectivity index (χ1) is 9.74. The fraction of sp³-hybridized carbons (Fsp3) is 0. The van der Waals surface area contributed by atoms with Crippen molar-refractivity contribution in [3.63, 3.8) is 0 Å². The van der Waals surface area contributed by atoms with Gasteiger partial charge in [0.15, 0.2) is 5.75 Å². The van der Waals surface area contributed by atoms with E-state index in [9.17, 15) is 9.59 Å². The Morgan fingerprint density at radius 1 is 1.20 bits per heavy atom. The lowest BCUT2D eigenvalue weighted by Crippen LogP contribution is -2.18. The van der Waals surface area contributed by atoms with Crippen LogP contribution in [-0.4, -0.2) is 27.5 Å². The largest absolute Gasteiger partial charge is 0.380 e. The van der Waals surface area contributed by atoms with Gasteiger partial charge in [0.25, 0.3) is 5.91 Å². The van der Waals surface area contributed by atoms with Crippen LogP contribution in [0.2, 0.25) is 0 Å². The molecule has 0 aromatic carbocycles. The molecule has 0 unspecified atom stereocenters. The van der Waals surface area contributed by atoms with Crippen molar-refractivity contribution in [2.24, 2.45) is 0 Å². The molecule has 0 aliphatic rings. The maximum Gasteiger partial charge on any atom is 0.274 e. The van der Waals surface area contributed by atoms with Gasteiger partial charge in [0, 0.05) is 30.1 Å². The molecule has 0 atom stereocenters. The van der Waals surface area contributed by atoms with Crippen LogP contribution in [0.4, 0.5) is 0 Å². The summed E-state index contributed by atoms with van der Waals surface area (Å²) in [6.45, 7) is 0. The van der Waals surface area contributed by atoms with E-state index in [1.165, 1.54) is 30.0 Å². The Kier molecular flexibility index (Phi) is 4.20. The molecule has 0 bridgehead atoms. The smallest absolute Gasteiger partial charge is 0.274 e. The summed E-state index contributed by atoms with van der Waals surface area (Å²) >= 11 is 0. The van der Waals surface area contributed by atoms with Gasteiger partial charge in [0.2, 0.25) is 6.41 Å². The Balaban J connectivity index is 2.31. The van der Waals surface area contributed by atoms with Crippen LogP contribution in [0, 0.1) is 0 Å². The highest BCUT2D eigenvalue weighted by atomic mass is 16.7. The van der Waals surface area contributed by atoms with Gasteiger partial charge in [-0.1, -0.05) is 0 Å². The molecule has 2 rings (SSSR count). The minimum absolute atomic E-state index is 0.233. The zero-order valence-corrected chi connectivity index (χ0v) is 10.1. The Morgan fingerprint density at radius 3 is 2.60 bits per heavy atom. The minimum Gasteiger partial charge on any atom is -0.380 e. The highest BCUT2D eigenvalue weighted by molar-refractivity contribution is 5.94. The number of amides is 2. The predicted octanol–water partition coefficient (Wildman–Crippen LogP) is 0.302. The van der Waals surface area contributed by atoms with Gasteiger partial charge in [-0.25, -0.2) is 5.48 Å². The zero-order chi connectivity index (χ0) is 14.4. The van der Waals surface area contributed by atoms with E-state index in [0.717, 1.165) is 0 Å². The molecule has 0 saturated carbocycles. The summed E-state index contributed by atoms with van der Waals surface area (Å²) in [4.78, 5) is 34.6. The molecule has 2 heterocycles. The first-order valence-corrected chi connectivity index (χ1v) is 5.47. The molecule has 20 heavy (non-hydrogen) atoms. The zero-order valence-electron chi connectivity index (χ0n) is 10.1. The third kappa shape index (κ3) is 3.06. The van der Waals surface area contributed by atoms with E-state index < -0.39 is 5.91 Å². The Hall–Kier alpha value is -3.00. The molecule has 2 aromatic heterocycles. The fourth-order valence-corrected chi connectivity index (χ4v) is 1.48. The first-order valence-electron chi connectivity index (χ1n) is 5.47. The lowest BCUT2D eigenvalue weighted by molar-refractivity contribution is -0.115. The average Bonchev–Trinajstić information content (AvgIpc) is 2.52. The van der Waals surface area contributed by atoms with Crippen molar-refractivity contribution < 1.29 is 19.6 Å². The van der Waals surface area contributed by atoms with Crippen LogP contribution < -0.4 is 15.8 Å². The van der Waals surface area contributed by atoms with E-state index in [4.69, 9.17) is 10.0 Å². The number of rotatable bonds is 5. The Morgan fingerprint density at radius 2 is 1.90 bits per heavy atom. The van der Waals surface area contributed by atoms with E-state index in [1.807, 2.05) is 0 Å². The van der Waals surface area contributed by atoms with Crippen molar-refractivity contribution in [2.75, 3.05) is 0 Å². The summed E-state index contributed by atoms with van der Waals surface area (Å²) in [6, 6.07) is 6.00. The molecule has 0 aliphatic heterocycles. The maximum atomic E-state index is 11.3. The molecule has 0 fully saturated rings. The van der Waals surface area contributed by atoms with Crippen LogP contribution in [0.3, 0.4) is 0 Å². The van der Waals surface area contributed by atoms with Crippen molar-refractivity contribution in [1.29, 1.82) is 0 Å². The highest BCUT2D eigenvalue weighted by Gasteiger charge is 2.08. The van der Waals surface area contributed by atoms with Crippen molar-refractivity contribution in [3.8, 4) is 17.1 Å². The van der Waals surface area contributed by atoms with Crippen LogP contribution in [0.25, 0.3) is 11.4 Å². The van der Waals surface area contributed by atoms with E-state index >= 15 is 0 Å². The fourth-order valence-electron chi connectivity index (χ4n) is 1.48. The summed E-state index contributed by atoms with van der Waals surface area (Å²) < 4.78 is 0. The van der Waals surface area contributed by atoms with Crippen LogP contribution in [0.15, 0.2) is 36.7 Å². The summed E-state index contributed by atoms with van der Waals surface area (Å²) in [5.74, 6) is -0.287. The van der Waals surface area contributed by atoms with E-state index in [2.05, 4.69) is 15.4 Å². The normalized spacial score (nSPS) is 9.65. The van der Waals surface area contributed by atoms with Gasteiger partial charge >= 0.3 is 0 Å². The molecule has 8 heteroatoms. The SMILES string of the molecule is O=CNOc1ccnc(-c2cc(C(=O)NO)ccn2)c1. The van der Waals surface area contributed by atoms with Gasteiger partial charge in [-0.05, 0) is 12.1 Å². The highest BCUT2D eigenvalue weighted by Crippen LogP contribution is 2.19. The molecule has 2 amide bonds. The van der Waals surface area contributed by atoms with Crippen molar-refractivity contribution in [3.05, 3.63) is 42.2 Å². The monoisotopic (exact) mass is 274 g/mol. The third-order valence-corrected chi connectivity index (χ3v) is 2.34. The average molecular weight is 274 g/mol. The van der Waals surface area contributed by atoms with Crippen molar-refractivity contribution >= 4 is 12.3 Å². The Labute approximate surface area is 113 Å². The number of aromatic nitrogens is 2. The Bertz CT molecular complexity index is 632. The number of nitrogens with one attached hydrogen (secondary N) is 2. The van der Waals surface area contributed by atoms with Crippen LogP contribution in [0.1, 0.15) is 10.4 Å². The van der Waals surface area contributed by atoms with Crippen molar-refractivity contribution in [1.82, 2.24) is 20.9 Å². The van der Waals surface area contributed by atoms with Crippen LogP contribution >= 0.6 is 0 Å². The van der Waals surface area contributed by atoms with Crippen LogP contribution in [-0.2, 0) is 4.79 Å². The standard InChI is InChI=1S/C12H10N4O4/c17-7-15-20-9-2-4-14-11(6-9)10-5-8(1-3-13-10)12(18)16-19/h1-7,19H,(H,15,17)(H,16,18). The van der Waals surface area contributed by atoms with Gasteiger partial charge in [0.1, 0.15) is 0 Å². The van der Waals surface area contributed by atoms with Gasteiger partial charge < -0.3 is 4.84 Å². The van der Waals surface area contributed by atoms with E-state index in [1.54, 1.807) is 12.1 Å². The molecule has 0 saturated heterocycles. The third-order valence-electron chi connectivity index (χ3n) is 2.34. The predicted molar refractivity (Wildman–Crippen MR) is 66.5 cm³/mol. The van der Waals surface area contributed by atoms with Crippen molar-refractivity contribution in [2.45, 2.75) is 0 Å². The molecular weight excluding hydrogens is 264 g/mol. The molecule has 3 N–H and O–H groups in total. The quantitative estimate of drug-likeness (QED) is 0.410. The number of hydrogen-bond donors (Lipinski definition) is 3. The number of carbonyl (C=O) groups excluding carboxylic acids is 2. The summed E-state index contributed by atoms with van der Waals surface area (Å²) in [6.07, 6.45) is 3.28. The number of nitrogens with zero attached hydrogens (tertiary/aromatic N) is 2. The topological polar surface area (TPSA) is 113 Å². The second kappa shape index (κ2) is 6.25. The molecule has 8 nitrogen and oxygen atoms in total. The van der Waals surface area contributed by atoms with Crippen LogP contribution in [0.5, 0.6) is 5.75 Å². The first kappa shape index (κ1) is 13.4. The van der Waals surface area contributed by atoms with Gasteiger partial charge in [-0.15, -0.1) is 0 Å². The maximum absolute atomic E-state index is 11.3. The number of hydroxylamine groups is 2. The summed E-state index contributed by atoms with van der Waals surface area (Å²) in [7, 11) is 0. The summed E-state index contributed by atoms with van der Waals surface area (Å²) in [5.41, 5.74) is 4.69. The molecule has 0 aliphatic carbocycles.